The Balaban J connectivity index is 1.02. The van der Waals surface area contributed by atoms with Gasteiger partial charge in [0.25, 0.3) is 0 Å². The van der Waals surface area contributed by atoms with Crippen molar-refractivity contribution in [3.63, 3.8) is 0 Å². The number of fused-ring (bicyclic) bond motifs is 10. The van der Waals surface area contributed by atoms with Crippen molar-refractivity contribution in [2.24, 2.45) is 0 Å². The Morgan fingerprint density at radius 1 is 0.491 bits per heavy atom. The summed E-state index contributed by atoms with van der Waals surface area (Å²) in [5, 5.41) is 7.24. The van der Waals surface area contributed by atoms with Gasteiger partial charge in [0.1, 0.15) is 11.2 Å². The molecule has 0 saturated heterocycles. The van der Waals surface area contributed by atoms with Crippen molar-refractivity contribution in [2.75, 3.05) is 4.90 Å². The predicted molar refractivity (Wildman–Crippen MR) is 231 cm³/mol. The number of hydrogen-bond donors (Lipinski definition) is 0. The maximum absolute atomic E-state index is 6.32. The standard InChI is InChI=1S/C52H36N2O/c1-2-12-36(13-3-1)53-46-20-7-5-15-41(46)45-30-33(26-29-49(45)53)34-24-27-42-40-14-4-8-21-47(40)54(50(42)31-34)48-22-11-18-38-37(17-10-19-39(38)48)35-25-28-44-43-16-6-9-23-51(43)55-52(44)32-35/h1-2,4-12,14-19,21-32,46H,3,13,20H2. The smallest absolute Gasteiger partial charge is 0.136 e. The van der Waals surface area contributed by atoms with Gasteiger partial charge in [-0.2, -0.15) is 0 Å². The molecule has 2 aliphatic carbocycles. The van der Waals surface area contributed by atoms with Crippen LogP contribution in [0.25, 0.3) is 88.0 Å². The van der Waals surface area contributed by atoms with Crippen LogP contribution in [0.3, 0.4) is 0 Å². The van der Waals surface area contributed by atoms with Crippen LogP contribution in [0.15, 0.2) is 186 Å². The number of benzene rings is 7. The van der Waals surface area contributed by atoms with Crippen LogP contribution in [-0.4, -0.2) is 10.6 Å². The van der Waals surface area contributed by atoms with Crippen LogP contribution in [0.1, 0.15) is 24.8 Å². The molecule has 0 fully saturated rings. The Labute approximate surface area is 319 Å². The number of para-hydroxylation sites is 2. The summed E-state index contributed by atoms with van der Waals surface area (Å²) in [5.74, 6) is 0. The highest BCUT2D eigenvalue weighted by Crippen LogP contribution is 2.48. The Morgan fingerprint density at radius 2 is 1.24 bits per heavy atom. The number of allylic oxidation sites excluding steroid dienone is 6. The summed E-state index contributed by atoms with van der Waals surface area (Å²) >= 11 is 0. The van der Waals surface area contributed by atoms with E-state index < -0.39 is 0 Å². The van der Waals surface area contributed by atoms with Gasteiger partial charge in [-0.15, -0.1) is 0 Å². The van der Waals surface area contributed by atoms with Crippen LogP contribution in [0.5, 0.6) is 0 Å². The van der Waals surface area contributed by atoms with Crippen LogP contribution >= 0.6 is 0 Å². The molecule has 0 N–H and O–H groups in total. The molecule has 55 heavy (non-hydrogen) atoms. The Morgan fingerprint density at radius 3 is 2.18 bits per heavy atom. The molecule has 2 aromatic heterocycles. The van der Waals surface area contributed by atoms with Crippen molar-refractivity contribution in [2.45, 2.75) is 25.3 Å². The fourth-order valence-electron chi connectivity index (χ4n) is 9.64. The maximum Gasteiger partial charge on any atom is 0.136 e. The SMILES string of the molecule is C1=CCCC(N2c3ccc(-c4ccc5c6ccccc6n(-c6cccc7c(-c8ccc9c(c8)oc8ccccc89)cccc67)c5c4)cc3C3=CC=CCC32)=C1. The highest BCUT2D eigenvalue weighted by molar-refractivity contribution is 6.13. The van der Waals surface area contributed by atoms with Crippen LogP contribution in [0.4, 0.5) is 5.69 Å². The number of nitrogens with zero attached hydrogens (tertiary/aromatic N) is 2. The third kappa shape index (κ3) is 4.56. The van der Waals surface area contributed by atoms with E-state index in [2.05, 4.69) is 173 Å². The zero-order valence-electron chi connectivity index (χ0n) is 30.2. The summed E-state index contributed by atoms with van der Waals surface area (Å²) in [6, 6.07) is 51.7. The normalized spacial score (nSPS) is 16.4. The van der Waals surface area contributed by atoms with E-state index in [9.17, 15) is 0 Å². The predicted octanol–water partition coefficient (Wildman–Crippen LogP) is 13.9. The van der Waals surface area contributed by atoms with E-state index >= 15 is 0 Å². The molecule has 0 radical (unpaired) electrons. The zero-order valence-corrected chi connectivity index (χ0v) is 30.2. The fraction of sp³-hybridized carbons (Fsp3) is 0.0769. The van der Waals surface area contributed by atoms with Gasteiger partial charge in [0.05, 0.1) is 22.8 Å². The molecular formula is C52H36N2O. The number of rotatable bonds is 4. The second-order valence-corrected chi connectivity index (χ2v) is 15.1. The summed E-state index contributed by atoms with van der Waals surface area (Å²) in [4.78, 5) is 2.60. The summed E-state index contributed by atoms with van der Waals surface area (Å²) in [6.45, 7) is 0. The van der Waals surface area contributed by atoms with Gasteiger partial charge < -0.3 is 13.9 Å². The van der Waals surface area contributed by atoms with E-state index in [1.807, 2.05) is 12.1 Å². The molecule has 0 spiro atoms. The minimum absolute atomic E-state index is 0.356. The summed E-state index contributed by atoms with van der Waals surface area (Å²) in [7, 11) is 0. The van der Waals surface area contributed by atoms with Gasteiger partial charge in [-0.1, -0.05) is 121 Å². The van der Waals surface area contributed by atoms with Crippen molar-refractivity contribution in [3.8, 4) is 27.9 Å². The molecule has 0 bridgehead atoms. The molecule has 260 valence electrons. The molecule has 3 aliphatic rings. The van der Waals surface area contributed by atoms with Crippen LogP contribution in [0, 0.1) is 0 Å². The van der Waals surface area contributed by atoms with Gasteiger partial charge in [0.2, 0.25) is 0 Å². The molecule has 9 aromatic rings. The average Bonchev–Trinajstić information content (AvgIpc) is 3.90. The second-order valence-electron chi connectivity index (χ2n) is 15.1. The zero-order chi connectivity index (χ0) is 36.0. The molecule has 1 aliphatic heterocycles. The average molecular weight is 705 g/mol. The first-order chi connectivity index (χ1) is 27.3. The number of furan rings is 1. The third-order valence-electron chi connectivity index (χ3n) is 12.1. The summed E-state index contributed by atoms with van der Waals surface area (Å²) in [5.41, 5.74) is 15.8. The molecule has 12 rings (SSSR count). The minimum atomic E-state index is 0.356. The largest absolute Gasteiger partial charge is 0.456 e. The second kappa shape index (κ2) is 11.8. The van der Waals surface area contributed by atoms with Crippen LogP contribution < -0.4 is 4.90 Å². The van der Waals surface area contributed by atoms with E-state index in [0.29, 0.717) is 6.04 Å². The minimum Gasteiger partial charge on any atom is -0.456 e. The van der Waals surface area contributed by atoms with Crippen molar-refractivity contribution in [1.82, 2.24) is 4.57 Å². The molecule has 3 heterocycles. The van der Waals surface area contributed by atoms with Crippen molar-refractivity contribution < 1.29 is 4.42 Å². The number of aromatic nitrogens is 1. The van der Waals surface area contributed by atoms with E-state index in [1.54, 1.807) is 0 Å². The quantitative estimate of drug-likeness (QED) is 0.182. The lowest BCUT2D eigenvalue weighted by molar-refractivity contribution is 0.669. The van der Waals surface area contributed by atoms with Crippen molar-refractivity contribution in [3.05, 3.63) is 187 Å². The molecule has 0 amide bonds. The topological polar surface area (TPSA) is 21.3 Å². The maximum atomic E-state index is 6.32. The summed E-state index contributed by atoms with van der Waals surface area (Å²) < 4.78 is 8.80. The van der Waals surface area contributed by atoms with Crippen LogP contribution in [-0.2, 0) is 0 Å². The molecule has 7 aromatic carbocycles. The van der Waals surface area contributed by atoms with E-state index in [0.717, 1.165) is 46.8 Å². The number of hydrogen-bond acceptors (Lipinski definition) is 2. The Kier molecular flexibility index (Phi) is 6.58. The lowest BCUT2D eigenvalue weighted by atomic mass is 9.93. The van der Waals surface area contributed by atoms with Crippen molar-refractivity contribution in [1.29, 1.82) is 0 Å². The fourth-order valence-corrected chi connectivity index (χ4v) is 9.64. The van der Waals surface area contributed by atoms with E-state index in [1.165, 1.54) is 77.5 Å². The monoisotopic (exact) mass is 704 g/mol. The molecular weight excluding hydrogens is 669 g/mol. The molecule has 1 unspecified atom stereocenters. The number of anilines is 1. The molecule has 3 heteroatoms. The van der Waals surface area contributed by atoms with Gasteiger partial charge >= 0.3 is 0 Å². The molecule has 0 saturated carbocycles. The first kappa shape index (κ1) is 30.6. The van der Waals surface area contributed by atoms with Gasteiger partial charge in [0, 0.05) is 43.9 Å². The Hall–Kier alpha value is -6.84. The lowest BCUT2D eigenvalue weighted by Crippen LogP contribution is -2.31. The first-order valence-corrected chi connectivity index (χ1v) is 19.4. The lowest BCUT2D eigenvalue weighted by Gasteiger charge is -2.31. The van der Waals surface area contributed by atoms with Crippen molar-refractivity contribution >= 4 is 65.8 Å². The van der Waals surface area contributed by atoms with E-state index in [-0.39, 0.29) is 0 Å². The van der Waals surface area contributed by atoms with Gasteiger partial charge in [-0.05, 0) is 107 Å². The Bertz CT molecular complexity index is 3200. The molecule has 3 nitrogen and oxygen atoms in total. The van der Waals surface area contributed by atoms with Gasteiger partial charge in [-0.25, -0.2) is 0 Å². The van der Waals surface area contributed by atoms with Crippen LogP contribution in [0.2, 0.25) is 0 Å². The third-order valence-corrected chi connectivity index (χ3v) is 12.1. The van der Waals surface area contributed by atoms with Gasteiger partial charge in [0.15, 0.2) is 0 Å². The highest BCUT2D eigenvalue weighted by atomic mass is 16.3. The first-order valence-electron chi connectivity index (χ1n) is 19.4. The molecule has 1 atom stereocenters. The summed E-state index contributed by atoms with van der Waals surface area (Å²) in [6.07, 6.45) is 16.9. The van der Waals surface area contributed by atoms with Gasteiger partial charge in [-0.3, -0.25) is 0 Å². The van der Waals surface area contributed by atoms with E-state index in [4.69, 9.17) is 4.42 Å². The highest BCUT2D eigenvalue weighted by Gasteiger charge is 2.36.